The summed E-state index contributed by atoms with van der Waals surface area (Å²) in [6.45, 7) is 4.46. The second-order valence-corrected chi connectivity index (χ2v) is 10.4. The number of thioether (sulfide) groups is 1. The number of benzene rings is 1. The second-order valence-electron chi connectivity index (χ2n) is 9.15. The molecule has 1 aromatic heterocycles. The van der Waals surface area contributed by atoms with Gasteiger partial charge in [-0.3, -0.25) is 4.79 Å². The van der Waals surface area contributed by atoms with Gasteiger partial charge in [-0.25, -0.2) is 0 Å². The van der Waals surface area contributed by atoms with Crippen LogP contribution >= 0.6 is 11.8 Å². The molecule has 29 heavy (non-hydrogen) atoms. The number of ether oxygens (including phenoxy) is 1. The van der Waals surface area contributed by atoms with Crippen LogP contribution < -0.4 is 4.74 Å². The molecule has 154 valence electrons. The third kappa shape index (κ3) is 3.60. The molecule has 0 N–H and O–H groups in total. The highest BCUT2D eigenvalue weighted by Crippen LogP contribution is 2.60. The van der Waals surface area contributed by atoms with Gasteiger partial charge in [0.25, 0.3) is 5.22 Å². The van der Waals surface area contributed by atoms with Gasteiger partial charge in [0.2, 0.25) is 5.89 Å². The smallest absolute Gasteiger partial charge is 0.277 e. The number of hydrogen-bond donors (Lipinski definition) is 0. The molecular formula is C23H28N2O3S. The Hall–Kier alpha value is -1.82. The lowest BCUT2D eigenvalue weighted by molar-refractivity contribution is -0.0191. The molecule has 4 aliphatic carbocycles. The van der Waals surface area contributed by atoms with Crippen molar-refractivity contribution < 1.29 is 13.9 Å². The fourth-order valence-electron chi connectivity index (χ4n) is 6.17. The summed E-state index contributed by atoms with van der Waals surface area (Å²) in [4.78, 5) is 12.8. The monoisotopic (exact) mass is 412 g/mol. The molecule has 6 rings (SSSR count). The van der Waals surface area contributed by atoms with Crippen molar-refractivity contribution in [3.05, 3.63) is 35.7 Å². The fourth-order valence-corrected chi connectivity index (χ4v) is 6.93. The molecule has 4 fully saturated rings. The van der Waals surface area contributed by atoms with Crippen molar-refractivity contribution in [1.82, 2.24) is 10.2 Å². The van der Waals surface area contributed by atoms with Gasteiger partial charge in [-0.15, -0.1) is 10.2 Å². The van der Waals surface area contributed by atoms with Gasteiger partial charge in [-0.2, -0.15) is 0 Å². The van der Waals surface area contributed by atoms with Gasteiger partial charge in [0, 0.05) is 11.0 Å². The molecule has 4 saturated carbocycles. The quantitative estimate of drug-likeness (QED) is 0.454. The van der Waals surface area contributed by atoms with E-state index in [1.54, 1.807) is 0 Å². The average molecular weight is 413 g/mol. The van der Waals surface area contributed by atoms with Gasteiger partial charge >= 0.3 is 0 Å². The van der Waals surface area contributed by atoms with Crippen LogP contribution in [0.1, 0.15) is 68.6 Å². The molecule has 0 aliphatic heterocycles. The molecule has 1 atom stereocenters. The van der Waals surface area contributed by atoms with E-state index in [1.165, 1.54) is 50.3 Å². The summed E-state index contributed by atoms with van der Waals surface area (Å²) in [6, 6.07) is 7.32. The number of rotatable bonds is 7. The Morgan fingerprint density at radius 1 is 1.14 bits per heavy atom. The van der Waals surface area contributed by atoms with E-state index in [0.29, 0.717) is 17.4 Å². The maximum atomic E-state index is 12.8. The number of hydrogen-bond acceptors (Lipinski definition) is 6. The highest BCUT2D eigenvalue weighted by molar-refractivity contribution is 8.00. The van der Waals surface area contributed by atoms with Crippen LogP contribution in [0.5, 0.6) is 5.75 Å². The summed E-state index contributed by atoms with van der Waals surface area (Å²) < 4.78 is 11.6. The lowest BCUT2D eigenvalue weighted by Crippen LogP contribution is -2.48. The lowest BCUT2D eigenvalue weighted by Gasteiger charge is -2.55. The second kappa shape index (κ2) is 7.46. The summed E-state index contributed by atoms with van der Waals surface area (Å²) in [7, 11) is 0. The van der Waals surface area contributed by atoms with Gasteiger partial charge in [0.05, 0.1) is 11.9 Å². The van der Waals surface area contributed by atoms with Crippen LogP contribution in [0.4, 0.5) is 0 Å². The predicted molar refractivity (Wildman–Crippen MR) is 111 cm³/mol. The van der Waals surface area contributed by atoms with E-state index in [9.17, 15) is 4.79 Å². The summed E-state index contributed by atoms with van der Waals surface area (Å²) in [5, 5.41) is 9.00. The van der Waals surface area contributed by atoms with Gasteiger partial charge in [0.1, 0.15) is 5.75 Å². The van der Waals surface area contributed by atoms with Crippen LogP contribution in [-0.4, -0.2) is 27.8 Å². The van der Waals surface area contributed by atoms with Gasteiger partial charge < -0.3 is 9.15 Å². The zero-order valence-electron chi connectivity index (χ0n) is 17.1. The Balaban J connectivity index is 1.27. The molecule has 4 bridgehead atoms. The molecule has 1 aromatic carbocycles. The third-order valence-corrected chi connectivity index (χ3v) is 7.93. The predicted octanol–water partition coefficient (Wildman–Crippen LogP) is 5.30. The average Bonchev–Trinajstić information content (AvgIpc) is 3.17. The summed E-state index contributed by atoms with van der Waals surface area (Å²) in [5.74, 6) is 4.17. The van der Waals surface area contributed by atoms with E-state index in [1.807, 2.05) is 38.1 Å². The number of nitrogens with zero attached hydrogens (tertiary/aromatic N) is 2. The van der Waals surface area contributed by atoms with E-state index in [2.05, 4.69) is 10.2 Å². The minimum absolute atomic E-state index is 0.0626. The molecule has 0 radical (unpaired) electrons. The van der Waals surface area contributed by atoms with E-state index in [0.717, 1.165) is 29.4 Å². The molecule has 5 nitrogen and oxygen atoms in total. The van der Waals surface area contributed by atoms with E-state index in [-0.39, 0.29) is 16.4 Å². The van der Waals surface area contributed by atoms with Crippen molar-refractivity contribution in [2.45, 2.75) is 68.3 Å². The number of ketones is 1. The number of carbonyl (C=O) groups excluding carboxylic acids is 1. The maximum Gasteiger partial charge on any atom is 0.277 e. The lowest BCUT2D eigenvalue weighted by atomic mass is 9.49. The van der Waals surface area contributed by atoms with Crippen molar-refractivity contribution >= 4 is 17.5 Å². The SMILES string of the molecule is CCOc1ccc(C(=O)[C@@H](C)Sc2nnc(C34CC5CC(CC(C5)C3)C4)o2)cc1. The van der Waals surface area contributed by atoms with Gasteiger partial charge in [-0.05, 0) is 94.4 Å². The molecule has 6 heteroatoms. The van der Waals surface area contributed by atoms with Crippen molar-refractivity contribution in [2.75, 3.05) is 6.61 Å². The first-order valence-electron chi connectivity index (χ1n) is 10.8. The number of carbonyl (C=O) groups is 1. The Labute approximate surface area is 176 Å². The van der Waals surface area contributed by atoms with Crippen LogP contribution in [0.3, 0.4) is 0 Å². The number of Topliss-reactive ketones (excluding diaryl/α,β-unsaturated/α-hetero) is 1. The fraction of sp³-hybridized carbons (Fsp3) is 0.609. The Morgan fingerprint density at radius 2 is 1.76 bits per heavy atom. The highest BCUT2D eigenvalue weighted by atomic mass is 32.2. The summed E-state index contributed by atoms with van der Waals surface area (Å²) in [5.41, 5.74) is 0.775. The zero-order valence-corrected chi connectivity index (χ0v) is 17.9. The standard InChI is InChI=1S/C23H28N2O3S/c1-3-27-19-6-4-18(5-7-19)20(26)14(2)29-22-25-24-21(28-22)23-11-15-8-16(12-23)10-17(9-15)13-23/h4-7,14-17H,3,8-13H2,1-2H3/t14-,15?,16?,17?,23?/m1/s1. The molecule has 0 amide bonds. The minimum atomic E-state index is -0.280. The normalized spacial score (nSPS) is 31.0. The zero-order chi connectivity index (χ0) is 20.0. The van der Waals surface area contributed by atoms with Crippen LogP contribution in [-0.2, 0) is 5.41 Å². The number of aromatic nitrogens is 2. The van der Waals surface area contributed by atoms with E-state index >= 15 is 0 Å². The molecule has 0 unspecified atom stereocenters. The molecule has 2 aromatic rings. The topological polar surface area (TPSA) is 65.2 Å². The maximum absolute atomic E-state index is 12.8. The minimum Gasteiger partial charge on any atom is -0.494 e. The van der Waals surface area contributed by atoms with Crippen LogP contribution in [0.15, 0.2) is 33.9 Å². The first kappa shape index (κ1) is 19.2. The first-order valence-corrected chi connectivity index (χ1v) is 11.7. The molecule has 0 spiro atoms. The molecule has 4 aliphatic rings. The van der Waals surface area contributed by atoms with Crippen molar-refractivity contribution in [1.29, 1.82) is 0 Å². The van der Waals surface area contributed by atoms with Crippen molar-refractivity contribution in [2.24, 2.45) is 17.8 Å². The molecule has 0 saturated heterocycles. The largest absolute Gasteiger partial charge is 0.494 e. The van der Waals surface area contributed by atoms with Crippen LogP contribution in [0, 0.1) is 17.8 Å². The highest BCUT2D eigenvalue weighted by Gasteiger charge is 2.54. The molecular weight excluding hydrogens is 384 g/mol. The van der Waals surface area contributed by atoms with Gasteiger partial charge in [-0.1, -0.05) is 11.8 Å². The van der Waals surface area contributed by atoms with Gasteiger partial charge in [0.15, 0.2) is 5.78 Å². The third-order valence-electron chi connectivity index (χ3n) is 7.00. The Kier molecular flexibility index (Phi) is 4.93. The Morgan fingerprint density at radius 3 is 2.34 bits per heavy atom. The van der Waals surface area contributed by atoms with Crippen LogP contribution in [0.2, 0.25) is 0 Å². The van der Waals surface area contributed by atoms with Crippen LogP contribution in [0.25, 0.3) is 0 Å². The summed E-state index contributed by atoms with van der Waals surface area (Å²) in [6.07, 6.45) is 7.78. The Bertz CT molecular complexity index is 856. The first-order chi connectivity index (χ1) is 14.0. The van der Waals surface area contributed by atoms with Crippen molar-refractivity contribution in [3.8, 4) is 5.75 Å². The van der Waals surface area contributed by atoms with E-state index < -0.39 is 0 Å². The summed E-state index contributed by atoms with van der Waals surface area (Å²) >= 11 is 1.36. The molecule has 1 heterocycles. The van der Waals surface area contributed by atoms with Crippen molar-refractivity contribution in [3.63, 3.8) is 0 Å². The van der Waals surface area contributed by atoms with E-state index in [4.69, 9.17) is 9.15 Å².